The summed E-state index contributed by atoms with van der Waals surface area (Å²) in [6.45, 7) is 0. The van der Waals surface area contributed by atoms with Gasteiger partial charge in [-0.1, -0.05) is 12.1 Å². The number of ether oxygens (including phenoxy) is 2. The molecule has 1 atom stereocenters. The normalized spacial score (nSPS) is 16.4. The van der Waals surface area contributed by atoms with Crippen molar-refractivity contribution in [2.45, 2.75) is 6.10 Å². The summed E-state index contributed by atoms with van der Waals surface area (Å²) >= 11 is 0. The summed E-state index contributed by atoms with van der Waals surface area (Å²) in [6, 6.07) is 10.3. The summed E-state index contributed by atoms with van der Waals surface area (Å²) in [5, 5.41) is 19.3. The fraction of sp³-hybridized carbons (Fsp3) is 0.125. The second kappa shape index (κ2) is 4.81. The Morgan fingerprint density at radius 3 is 2.55 bits per heavy atom. The molecule has 2 N–H and O–H groups in total. The van der Waals surface area contributed by atoms with Gasteiger partial charge in [-0.25, -0.2) is 0 Å². The molecule has 20 heavy (non-hydrogen) atoms. The van der Waals surface area contributed by atoms with E-state index in [1.807, 2.05) is 30.3 Å². The first-order valence-electron chi connectivity index (χ1n) is 6.22. The summed E-state index contributed by atoms with van der Waals surface area (Å²) in [4.78, 5) is 0. The molecule has 2 aromatic rings. The van der Waals surface area contributed by atoms with Gasteiger partial charge in [0, 0.05) is 12.1 Å². The Kier molecular flexibility index (Phi) is 2.99. The van der Waals surface area contributed by atoms with Crippen molar-refractivity contribution in [1.29, 1.82) is 0 Å². The zero-order valence-electron chi connectivity index (χ0n) is 10.9. The van der Waals surface area contributed by atoms with E-state index >= 15 is 0 Å². The first-order chi connectivity index (χ1) is 9.67. The number of fused-ring (bicyclic) bond motifs is 1. The highest BCUT2D eigenvalue weighted by Crippen LogP contribution is 2.40. The van der Waals surface area contributed by atoms with Crippen molar-refractivity contribution in [2.24, 2.45) is 0 Å². The van der Waals surface area contributed by atoms with Crippen LogP contribution in [0, 0.1) is 0 Å². The van der Waals surface area contributed by atoms with Gasteiger partial charge < -0.3 is 19.7 Å². The van der Waals surface area contributed by atoms with Crippen LogP contribution in [0.3, 0.4) is 0 Å². The fourth-order valence-corrected chi connectivity index (χ4v) is 2.20. The van der Waals surface area contributed by atoms with E-state index < -0.39 is 0 Å². The van der Waals surface area contributed by atoms with E-state index in [1.165, 1.54) is 12.1 Å². The molecule has 0 bridgehead atoms. The van der Waals surface area contributed by atoms with Crippen LogP contribution in [-0.2, 0) is 0 Å². The minimum absolute atomic E-state index is 0.00410. The number of rotatable bonds is 2. The van der Waals surface area contributed by atoms with E-state index in [-0.39, 0.29) is 17.6 Å². The highest BCUT2D eigenvalue weighted by Gasteiger charge is 2.19. The van der Waals surface area contributed by atoms with Crippen LogP contribution in [0.25, 0.3) is 6.08 Å². The van der Waals surface area contributed by atoms with E-state index in [2.05, 4.69) is 0 Å². The van der Waals surface area contributed by atoms with E-state index in [4.69, 9.17) is 9.47 Å². The van der Waals surface area contributed by atoms with Gasteiger partial charge in [0.2, 0.25) is 0 Å². The van der Waals surface area contributed by atoms with Crippen LogP contribution < -0.4 is 9.47 Å². The molecule has 0 amide bonds. The molecule has 3 rings (SSSR count). The van der Waals surface area contributed by atoms with E-state index in [1.54, 1.807) is 13.2 Å². The molecule has 1 aliphatic rings. The number of hydrogen-bond donors (Lipinski definition) is 2. The smallest absolute Gasteiger partial charge is 0.142 e. The van der Waals surface area contributed by atoms with Gasteiger partial charge in [0.25, 0.3) is 0 Å². The van der Waals surface area contributed by atoms with Gasteiger partial charge in [0.15, 0.2) is 0 Å². The van der Waals surface area contributed by atoms with E-state index in [0.717, 1.165) is 11.3 Å². The van der Waals surface area contributed by atoms with Crippen molar-refractivity contribution >= 4 is 6.08 Å². The van der Waals surface area contributed by atoms with Gasteiger partial charge in [0.05, 0.1) is 12.7 Å². The van der Waals surface area contributed by atoms with Gasteiger partial charge in [-0.15, -0.1) is 0 Å². The number of aromatic hydroxyl groups is 2. The zero-order valence-corrected chi connectivity index (χ0v) is 10.9. The summed E-state index contributed by atoms with van der Waals surface area (Å²) in [7, 11) is 1.62. The minimum atomic E-state index is -0.255. The van der Waals surface area contributed by atoms with Gasteiger partial charge in [-0.2, -0.15) is 0 Å². The maximum Gasteiger partial charge on any atom is 0.142 e. The predicted octanol–water partition coefficient (Wildman–Crippen LogP) is 3.25. The molecule has 0 saturated heterocycles. The van der Waals surface area contributed by atoms with Crippen LogP contribution in [0.2, 0.25) is 0 Å². The van der Waals surface area contributed by atoms with Crippen LogP contribution in [0.5, 0.6) is 23.0 Å². The molecule has 1 aliphatic heterocycles. The van der Waals surface area contributed by atoms with Crippen LogP contribution >= 0.6 is 0 Å². The Hall–Kier alpha value is -2.62. The molecular weight excluding hydrogens is 256 g/mol. The third kappa shape index (κ3) is 2.16. The van der Waals surface area contributed by atoms with Gasteiger partial charge in [0.1, 0.15) is 29.1 Å². The second-order valence-corrected chi connectivity index (χ2v) is 4.55. The number of methoxy groups -OCH3 is 1. The molecule has 102 valence electrons. The maximum atomic E-state index is 9.75. The largest absolute Gasteiger partial charge is 0.508 e. The third-order valence-electron chi connectivity index (χ3n) is 3.24. The Bertz CT molecular complexity index is 659. The zero-order chi connectivity index (χ0) is 14.1. The Morgan fingerprint density at radius 2 is 1.85 bits per heavy atom. The van der Waals surface area contributed by atoms with Crippen LogP contribution in [-0.4, -0.2) is 17.3 Å². The lowest BCUT2D eigenvalue weighted by atomic mass is 10.0. The second-order valence-electron chi connectivity index (χ2n) is 4.55. The molecule has 4 heteroatoms. The average Bonchev–Trinajstić information content (AvgIpc) is 2.46. The minimum Gasteiger partial charge on any atom is -0.508 e. The molecular formula is C16H14O4. The number of phenolic OH excluding ortho intramolecular Hbond substituents is 2. The summed E-state index contributed by atoms with van der Waals surface area (Å²) in [6.07, 6.45) is 3.40. The fourth-order valence-electron chi connectivity index (χ4n) is 2.20. The highest BCUT2D eigenvalue weighted by atomic mass is 16.5. The number of phenols is 2. The lowest BCUT2D eigenvalue weighted by Crippen LogP contribution is -2.08. The van der Waals surface area contributed by atoms with Gasteiger partial charge in [-0.05, 0) is 29.8 Å². The molecule has 0 aliphatic carbocycles. The van der Waals surface area contributed by atoms with Crippen molar-refractivity contribution in [3.8, 4) is 23.0 Å². The summed E-state index contributed by atoms with van der Waals surface area (Å²) in [5.41, 5.74) is 1.54. The van der Waals surface area contributed by atoms with Crippen LogP contribution in [0.15, 0.2) is 42.5 Å². The highest BCUT2D eigenvalue weighted by molar-refractivity contribution is 5.68. The van der Waals surface area contributed by atoms with Crippen LogP contribution in [0.1, 0.15) is 17.2 Å². The summed E-state index contributed by atoms with van der Waals surface area (Å²) in [5.74, 6) is 1.23. The van der Waals surface area contributed by atoms with Crippen molar-refractivity contribution in [2.75, 3.05) is 7.11 Å². The van der Waals surface area contributed by atoms with E-state index in [0.29, 0.717) is 11.3 Å². The molecule has 0 saturated carbocycles. The van der Waals surface area contributed by atoms with E-state index in [9.17, 15) is 10.2 Å². The van der Waals surface area contributed by atoms with Gasteiger partial charge >= 0.3 is 0 Å². The monoisotopic (exact) mass is 270 g/mol. The molecule has 0 spiro atoms. The Balaban J connectivity index is 1.92. The molecule has 2 aromatic carbocycles. The molecule has 0 fully saturated rings. The standard InChI is InChI=1S/C16H14O4/c1-19-12-4-2-10(3-5-12)15-7-6-13-14(18)8-11(17)9-16(13)20-15/h2-9,15,17-18H,1H3. The lowest BCUT2D eigenvalue weighted by Gasteiger charge is -2.22. The maximum absolute atomic E-state index is 9.75. The third-order valence-corrected chi connectivity index (χ3v) is 3.24. The number of hydrogen-bond acceptors (Lipinski definition) is 4. The SMILES string of the molecule is COc1ccc(C2C=Cc3c(O)cc(O)cc3O2)cc1. The molecule has 1 heterocycles. The molecule has 0 radical (unpaired) electrons. The molecule has 4 nitrogen and oxygen atoms in total. The number of benzene rings is 2. The Morgan fingerprint density at radius 1 is 1.10 bits per heavy atom. The quantitative estimate of drug-likeness (QED) is 0.879. The van der Waals surface area contributed by atoms with Crippen molar-refractivity contribution < 1.29 is 19.7 Å². The first kappa shape index (κ1) is 12.4. The first-order valence-corrected chi connectivity index (χ1v) is 6.22. The van der Waals surface area contributed by atoms with Crippen molar-refractivity contribution in [3.63, 3.8) is 0 Å². The van der Waals surface area contributed by atoms with Crippen LogP contribution in [0.4, 0.5) is 0 Å². The topological polar surface area (TPSA) is 58.9 Å². The van der Waals surface area contributed by atoms with Gasteiger partial charge in [-0.3, -0.25) is 0 Å². The lowest BCUT2D eigenvalue weighted by molar-refractivity contribution is 0.249. The summed E-state index contributed by atoms with van der Waals surface area (Å²) < 4.78 is 10.9. The Labute approximate surface area is 116 Å². The average molecular weight is 270 g/mol. The van der Waals surface area contributed by atoms with Crippen molar-refractivity contribution in [1.82, 2.24) is 0 Å². The van der Waals surface area contributed by atoms with Crippen molar-refractivity contribution in [3.05, 3.63) is 53.6 Å². The molecule has 1 unspecified atom stereocenters. The predicted molar refractivity (Wildman–Crippen MR) is 75.2 cm³/mol. The molecule has 0 aromatic heterocycles.